The number of nitrogens with zero attached hydrogens (tertiary/aromatic N) is 5. The number of carbonyl (C=O) groups is 1. The van der Waals surface area contributed by atoms with Crippen LogP contribution >= 0.6 is 0 Å². The molecule has 0 bridgehead atoms. The Balaban J connectivity index is 1.41. The number of aromatic nitrogens is 4. The summed E-state index contributed by atoms with van der Waals surface area (Å²) in [6.45, 7) is 2.77. The summed E-state index contributed by atoms with van der Waals surface area (Å²) in [5.41, 5.74) is 0.632. The molecule has 10 heteroatoms. The summed E-state index contributed by atoms with van der Waals surface area (Å²) in [6.07, 6.45) is 1.27. The highest BCUT2D eigenvalue weighted by Gasteiger charge is 2.39. The topological polar surface area (TPSA) is 84.1 Å². The van der Waals surface area contributed by atoms with Crippen molar-refractivity contribution >= 4 is 17.1 Å². The van der Waals surface area contributed by atoms with Crippen molar-refractivity contribution in [1.82, 2.24) is 24.6 Å². The minimum Gasteiger partial charge on any atom is -0.507 e. The van der Waals surface area contributed by atoms with Crippen LogP contribution in [0, 0.1) is 12.8 Å². The summed E-state index contributed by atoms with van der Waals surface area (Å²) >= 11 is 0. The number of halogens is 3. The number of rotatable bonds is 4. The third kappa shape index (κ3) is 3.70. The number of hydrogen-bond acceptors (Lipinski definition) is 5. The Morgan fingerprint density at radius 1 is 1.26 bits per heavy atom. The summed E-state index contributed by atoms with van der Waals surface area (Å²) in [6, 6.07) is 2.07. The Morgan fingerprint density at radius 2 is 2.03 bits per heavy atom. The minimum atomic E-state index is -4.55. The van der Waals surface area contributed by atoms with Gasteiger partial charge in [0, 0.05) is 37.0 Å². The molecule has 31 heavy (non-hydrogen) atoms. The van der Waals surface area contributed by atoms with E-state index in [0.717, 1.165) is 25.5 Å². The highest BCUT2D eigenvalue weighted by molar-refractivity contribution is 5.79. The van der Waals surface area contributed by atoms with Gasteiger partial charge in [-0.05, 0) is 37.5 Å². The van der Waals surface area contributed by atoms with Crippen LogP contribution in [0.5, 0.6) is 5.75 Å². The van der Waals surface area contributed by atoms with Crippen LogP contribution in [0.15, 0.2) is 24.5 Å². The number of phenolic OH excluding ortho intramolecular Hbond substituents is 1. The van der Waals surface area contributed by atoms with E-state index >= 15 is 0 Å². The zero-order valence-electron chi connectivity index (χ0n) is 16.7. The van der Waals surface area contributed by atoms with Crippen LogP contribution in [0.25, 0.3) is 22.4 Å². The molecule has 3 heterocycles. The number of likely N-dealkylation sites (tertiary alicyclic amines) is 1. The second-order valence-electron chi connectivity index (χ2n) is 8.35. The van der Waals surface area contributed by atoms with Crippen LogP contribution in [-0.4, -0.2) is 48.2 Å². The normalized spacial score (nSPS) is 19.5. The second-order valence-corrected chi connectivity index (χ2v) is 8.35. The Bertz CT molecular complexity index is 1160. The van der Waals surface area contributed by atoms with E-state index in [2.05, 4.69) is 15.1 Å². The monoisotopic (exact) mass is 431 g/mol. The molecule has 2 aromatic heterocycles. The van der Waals surface area contributed by atoms with Crippen molar-refractivity contribution in [2.45, 2.75) is 44.9 Å². The molecule has 162 valence electrons. The van der Waals surface area contributed by atoms with Gasteiger partial charge in [-0.25, -0.2) is 9.97 Å². The van der Waals surface area contributed by atoms with E-state index < -0.39 is 17.5 Å². The Hall–Kier alpha value is -3.17. The molecule has 1 N–H and O–H groups in total. The molecule has 1 aliphatic heterocycles. The van der Waals surface area contributed by atoms with E-state index in [-0.39, 0.29) is 28.6 Å². The number of phenols is 1. The number of benzene rings is 1. The number of aryl methyl sites for hydroxylation is 1. The van der Waals surface area contributed by atoms with Gasteiger partial charge in [0.2, 0.25) is 5.91 Å². The lowest BCUT2D eigenvalue weighted by molar-refractivity contribution is -0.137. The van der Waals surface area contributed by atoms with Crippen LogP contribution < -0.4 is 0 Å². The maximum Gasteiger partial charge on any atom is 0.416 e. The van der Waals surface area contributed by atoms with Gasteiger partial charge in [-0.1, -0.05) is 0 Å². The quantitative estimate of drug-likeness (QED) is 0.683. The first-order valence-corrected chi connectivity index (χ1v) is 10.1. The lowest BCUT2D eigenvalue weighted by Gasteiger charge is -2.15. The molecular weight excluding hydrogens is 411 g/mol. The molecule has 1 amide bonds. The lowest BCUT2D eigenvalue weighted by Crippen LogP contribution is -2.27. The van der Waals surface area contributed by atoms with Gasteiger partial charge in [-0.2, -0.15) is 18.3 Å². The molecule has 1 saturated heterocycles. The third-order valence-electron chi connectivity index (χ3n) is 5.85. The van der Waals surface area contributed by atoms with Crippen molar-refractivity contribution in [3.05, 3.63) is 35.7 Å². The van der Waals surface area contributed by atoms with E-state index in [1.54, 1.807) is 10.9 Å². The minimum absolute atomic E-state index is 0.170. The van der Waals surface area contributed by atoms with Crippen LogP contribution in [0.4, 0.5) is 13.2 Å². The number of amides is 1. The fourth-order valence-electron chi connectivity index (χ4n) is 4.26. The molecule has 1 aliphatic carbocycles. The zero-order chi connectivity index (χ0) is 21.9. The number of hydrogen-bond donors (Lipinski definition) is 1. The third-order valence-corrected chi connectivity index (χ3v) is 5.85. The maximum atomic E-state index is 13.0. The summed E-state index contributed by atoms with van der Waals surface area (Å²) in [4.78, 5) is 22.8. The molecule has 0 spiro atoms. The van der Waals surface area contributed by atoms with E-state index in [1.807, 2.05) is 4.90 Å². The molecule has 0 unspecified atom stereocenters. The number of carbonyl (C=O) groups excluding carboxylic acids is 1. The van der Waals surface area contributed by atoms with Crippen molar-refractivity contribution in [3.63, 3.8) is 0 Å². The maximum absolute atomic E-state index is 13.0. The largest absolute Gasteiger partial charge is 0.507 e. The van der Waals surface area contributed by atoms with Gasteiger partial charge in [-0.15, -0.1) is 0 Å². The molecule has 2 aliphatic rings. The fourth-order valence-corrected chi connectivity index (χ4v) is 4.26. The van der Waals surface area contributed by atoms with Gasteiger partial charge in [0.1, 0.15) is 11.3 Å². The first kappa shape index (κ1) is 19.8. The Morgan fingerprint density at radius 3 is 2.71 bits per heavy atom. The molecule has 2 fully saturated rings. The summed E-state index contributed by atoms with van der Waals surface area (Å²) in [5.74, 6) is -0.149. The predicted octanol–water partition coefficient (Wildman–Crippen LogP) is 3.54. The predicted molar refractivity (Wildman–Crippen MR) is 105 cm³/mol. The van der Waals surface area contributed by atoms with Crippen LogP contribution in [0.3, 0.4) is 0 Å². The summed E-state index contributed by atoms with van der Waals surface area (Å²) < 4.78 is 40.7. The van der Waals surface area contributed by atoms with Crippen LogP contribution in [0.1, 0.15) is 30.4 Å². The van der Waals surface area contributed by atoms with Crippen LogP contribution in [0.2, 0.25) is 0 Å². The van der Waals surface area contributed by atoms with E-state index in [0.29, 0.717) is 36.2 Å². The average Bonchev–Trinajstić information content (AvgIpc) is 3.34. The fraction of sp³-hybridized carbons (Fsp3) is 0.429. The number of alkyl halides is 3. The highest BCUT2D eigenvalue weighted by atomic mass is 19.4. The van der Waals surface area contributed by atoms with Gasteiger partial charge < -0.3 is 10.0 Å². The molecule has 3 aromatic rings. The van der Waals surface area contributed by atoms with E-state index in [9.17, 15) is 23.1 Å². The highest BCUT2D eigenvalue weighted by Crippen LogP contribution is 2.38. The van der Waals surface area contributed by atoms with E-state index in [1.165, 1.54) is 13.1 Å². The zero-order valence-corrected chi connectivity index (χ0v) is 16.7. The molecule has 1 atom stereocenters. The molecule has 1 aromatic carbocycles. The lowest BCUT2D eigenvalue weighted by atomic mass is 10.0. The van der Waals surface area contributed by atoms with Gasteiger partial charge in [0.05, 0.1) is 23.7 Å². The molecule has 0 radical (unpaired) electrons. The average molecular weight is 431 g/mol. The van der Waals surface area contributed by atoms with Crippen LogP contribution in [-0.2, 0) is 17.5 Å². The number of aromatic hydroxyl groups is 1. The van der Waals surface area contributed by atoms with Crippen molar-refractivity contribution in [2.24, 2.45) is 5.92 Å². The Kier molecular flexibility index (Phi) is 4.42. The molecule has 7 nitrogen and oxygen atoms in total. The Labute approximate surface area is 175 Å². The van der Waals surface area contributed by atoms with Gasteiger partial charge in [0.15, 0.2) is 5.65 Å². The van der Waals surface area contributed by atoms with Crippen molar-refractivity contribution in [2.75, 3.05) is 6.54 Å². The molecule has 1 saturated carbocycles. The standard InChI is InChI=1S/C21H20F3N5O2/c1-11-4-13(21(22,23)24)6-17(30)19(11)15-7-25-16-10-28(27-20(16)26-15)8-12-5-18(31)29(9-12)14-2-3-14/h4,6-7,10,12,14,30H,2-3,5,8-9H2,1H3/t12-/m0/s1. The first-order chi connectivity index (χ1) is 14.7. The van der Waals surface area contributed by atoms with Crippen molar-refractivity contribution in [1.29, 1.82) is 0 Å². The summed E-state index contributed by atoms with van der Waals surface area (Å²) in [5, 5.41) is 14.7. The molecular formula is C21H20F3N5O2. The smallest absolute Gasteiger partial charge is 0.416 e. The van der Waals surface area contributed by atoms with Crippen molar-refractivity contribution < 1.29 is 23.1 Å². The van der Waals surface area contributed by atoms with Gasteiger partial charge in [0.25, 0.3) is 0 Å². The summed E-state index contributed by atoms with van der Waals surface area (Å²) in [7, 11) is 0. The molecule has 5 rings (SSSR count). The first-order valence-electron chi connectivity index (χ1n) is 10.1. The van der Waals surface area contributed by atoms with E-state index in [4.69, 9.17) is 0 Å². The second kappa shape index (κ2) is 6.93. The number of fused-ring (bicyclic) bond motifs is 1. The van der Waals surface area contributed by atoms with Gasteiger partial charge >= 0.3 is 6.18 Å². The van der Waals surface area contributed by atoms with Crippen molar-refractivity contribution in [3.8, 4) is 17.0 Å². The van der Waals surface area contributed by atoms with Gasteiger partial charge in [-0.3, -0.25) is 9.48 Å². The SMILES string of the molecule is Cc1cc(C(F)(F)F)cc(O)c1-c1cnc2cn(C[C@@H]3CC(=O)N(C4CC4)C3)nc2n1.